The molecule has 1 rings (SSSR count). The molecule has 0 saturated carbocycles. The highest BCUT2D eigenvalue weighted by Gasteiger charge is 2.09. The fourth-order valence-electron chi connectivity index (χ4n) is 1.29. The zero-order chi connectivity index (χ0) is 12.5. The third-order valence-electron chi connectivity index (χ3n) is 2.16. The Balaban J connectivity index is 2.83. The highest BCUT2D eigenvalue weighted by atomic mass is 16.1. The van der Waals surface area contributed by atoms with Crippen molar-refractivity contribution in [1.29, 1.82) is 5.26 Å². The molecule has 0 saturated heterocycles. The van der Waals surface area contributed by atoms with Crippen molar-refractivity contribution in [2.24, 2.45) is 5.92 Å². The third-order valence-corrected chi connectivity index (χ3v) is 2.16. The number of carbonyl (C=O) groups excluding carboxylic acids is 1. The summed E-state index contributed by atoms with van der Waals surface area (Å²) in [6.07, 6.45) is 8.43. The standard InChI is InChI=1S/C15H13NO/c1-2-3-9-14(15(17)12-16)11-10-13-7-5-4-6-8-13/h2-11,14H,1H2. The van der Waals surface area contributed by atoms with Crippen LogP contribution in [0, 0.1) is 17.2 Å². The van der Waals surface area contributed by atoms with Gasteiger partial charge in [-0.2, -0.15) is 5.26 Å². The van der Waals surface area contributed by atoms with Crippen molar-refractivity contribution in [3.63, 3.8) is 0 Å². The Morgan fingerprint density at radius 2 is 2.00 bits per heavy atom. The van der Waals surface area contributed by atoms with Crippen molar-refractivity contribution in [2.45, 2.75) is 0 Å². The van der Waals surface area contributed by atoms with Gasteiger partial charge in [0.05, 0.1) is 5.92 Å². The lowest BCUT2D eigenvalue weighted by Gasteiger charge is -1.99. The van der Waals surface area contributed by atoms with E-state index in [2.05, 4.69) is 6.58 Å². The molecule has 0 aliphatic rings. The van der Waals surface area contributed by atoms with Crippen molar-refractivity contribution < 1.29 is 4.79 Å². The molecule has 0 N–H and O–H groups in total. The molecule has 1 aromatic carbocycles. The number of nitrogens with zero attached hydrogens (tertiary/aromatic N) is 1. The largest absolute Gasteiger partial charge is 0.282 e. The average Bonchev–Trinajstić information content (AvgIpc) is 2.39. The van der Waals surface area contributed by atoms with E-state index in [0.29, 0.717) is 0 Å². The molecular weight excluding hydrogens is 210 g/mol. The number of rotatable bonds is 5. The van der Waals surface area contributed by atoms with Crippen LogP contribution >= 0.6 is 0 Å². The first kappa shape index (κ1) is 12.7. The Kier molecular flexibility index (Phi) is 5.19. The maximum atomic E-state index is 11.3. The SMILES string of the molecule is C=CC=CC(C=Cc1ccccc1)C(=O)C#N. The average molecular weight is 223 g/mol. The Bertz CT molecular complexity index is 477. The molecule has 0 aliphatic heterocycles. The van der Waals surface area contributed by atoms with Crippen LogP contribution in [0.2, 0.25) is 0 Å². The fourth-order valence-corrected chi connectivity index (χ4v) is 1.29. The Labute approximate surface area is 101 Å². The number of hydrogen-bond acceptors (Lipinski definition) is 2. The summed E-state index contributed by atoms with van der Waals surface area (Å²) in [6.45, 7) is 3.53. The second-order valence-electron chi connectivity index (χ2n) is 3.39. The molecule has 2 nitrogen and oxygen atoms in total. The van der Waals surface area contributed by atoms with Crippen LogP contribution in [0.25, 0.3) is 6.08 Å². The Morgan fingerprint density at radius 1 is 1.29 bits per heavy atom. The van der Waals surface area contributed by atoms with E-state index in [9.17, 15) is 4.79 Å². The second-order valence-corrected chi connectivity index (χ2v) is 3.39. The van der Waals surface area contributed by atoms with Crippen molar-refractivity contribution in [3.05, 3.63) is 66.8 Å². The lowest BCUT2D eigenvalue weighted by atomic mass is 10.0. The zero-order valence-corrected chi connectivity index (χ0v) is 9.41. The number of ketones is 1. The van der Waals surface area contributed by atoms with E-state index < -0.39 is 11.7 Å². The van der Waals surface area contributed by atoms with Gasteiger partial charge in [-0.05, 0) is 5.56 Å². The molecule has 84 valence electrons. The molecule has 0 fully saturated rings. The van der Waals surface area contributed by atoms with E-state index in [1.807, 2.05) is 36.4 Å². The van der Waals surface area contributed by atoms with E-state index >= 15 is 0 Å². The van der Waals surface area contributed by atoms with Crippen LogP contribution in [-0.4, -0.2) is 5.78 Å². The van der Waals surface area contributed by atoms with Crippen molar-refractivity contribution in [3.8, 4) is 6.07 Å². The zero-order valence-electron chi connectivity index (χ0n) is 9.41. The molecule has 1 atom stereocenters. The lowest BCUT2D eigenvalue weighted by Crippen LogP contribution is -2.06. The van der Waals surface area contributed by atoms with Crippen LogP contribution < -0.4 is 0 Å². The van der Waals surface area contributed by atoms with Gasteiger partial charge in [0.25, 0.3) is 0 Å². The molecule has 0 heterocycles. The number of allylic oxidation sites excluding steroid dienone is 4. The summed E-state index contributed by atoms with van der Waals surface area (Å²) in [5.74, 6) is -0.992. The molecule has 1 aromatic rings. The molecule has 17 heavy (non-hydrogen) atoms. The topological polar surface area (TPSA) is 40.9 Å². The third kappa shape index (κ3) is 4.31. The van der Waals surface area contributed by atoms with Gasteiger partial charge in [-0.1, -0.05) is 67.3 Å². The van der Waals surface area contributed by atoms with Crippen LogP contribution in [0.5, 0.6) is 0 Å². The van der Waals surface area contributed by atoms with Gasteiger partial charge in [0, 0.05) is 0 Å². The van der Waals surface area contributed by atoms with Gasteiger partial charge in [0.2, 0.25) is 5.78 Å². The van der Waals surface area contributed by atoms with Gasteiger partial charge in [-0.25, -0.2) is 0 Å². The molecule has 0 amide bonds. The molecule has 0 aromatic heterocycles. The summed E-state index contributed by atoms with van der Waals surface area (Å²) < 4.78 is 0. The van der Waals surface area contributed by atoms with Crippen LogP contribution in [0.15, 0.2) is 61.2 Å². The predicted molar refractivity (Wildman–Crippen MR) is 68.9 cm³/mol. The van der Waals surface area contributed by atoms with Gasteiger partial charge >= 0.3 is 0 Å². The van der Waals surface area contributed by atoms with Gasteiger partial charge in [-0.15, -0.1) is 0 Å². The van der Waals surface area contributed by atoms with E-state index in [1.165, 1.54) is 0 Å². The van der Waals surface area contributed by atoms with E-state index in [1.54, 1.807) is 30.4 Å². The minimum atomic E-state index is -0.516. The Morgan fingerprint density at radius 3 is 2.59 bits per heavy atom. The summed E-state index contributed by atoms with van der Waals surface area (Å²) >= 11 is 0. The summed E-state index contributed by atoms with van der Waals surface area (Å²) in [5, 5.41) is 8.61. The predicted octanol–water partition coefficient (Wildman–Crippen LogP) is 3.15. The quantitative estimate of drug-likeness (QED) is 0.568. The van der Waals surface area contributed by atoms with Gasteiger partial charge in [0.1, 0.15) is 6.07 Å². The second kappa shape index (κ2) is 6.97. The molecule has 0 aliphatic carbocycles. The van der Waals surface area contributed by atoms with Gasteiger partial charge in [0.15, 0.2) is 0 Å². The molecule has 0 radical (unpaired) electrons. The fraction of sp³-hybridized carbons (Fsp3) is 0.0667. The Hall–Kier alpha value is -2.40. The van der Waals surface area contributed by atoms with Crippen LogP contribution in [0.1, 0.15) is 5.56 Å². The molecule has 1 unspecified atom stereocenters. The number of carbonyl (C=O) groups is 1. The van der Waals surface area contributed by atoms with Crippen molar-refractivity contribution in [2.75, 3.05) is 0 Å². The van der Waals surface area contributed by atoms with Crippen LogP contribution in [-0.2, 0) is 4.79 Å². The van der Waals surface area contributed by atoms with Crippen LogP contribution in [0.4, 0.5) is 0 Å². The number of hydrogen-bond donors (Lipinski definition) is 0. The normalized spacial score (nSPS) is 12.4. The molecule has 2 heteroatoms. The molecule has 0 bridgehead atoms. The van der Waals surface area contributed by atoms with E-state index in [0.717, 1.165) is 5.56 Å². The smallest absolute Gasteiger partial charge is 0.242 e. The number of Topliss-reactive ketones (excluding diaryl/α,β-unsaturated/α-hetero) is 1. The summed E-state index contributed by atoms with van der Waals surface area (Å²) in [5.41, 5.74) is 0.996. The first-order valence-corrected chi connectivity index (χ1v) is 5.24. The van der Waals surface area contributed by atoms with Crippen molar-refractivity contribution >= 4 is 11.9 Å². The highest BCUT2D eigenvalue weighted by molar-refractivity contribution is 5.98. The first-order chi connectivity index (χ1) is 8.27. The lowest BCUT2D eigenvalue weighted by molar-refractivity contribution is -0.115. The van der Waals surface area contributed by atoms with Gasteiger partial charge < -0.3 is 0 Å². The minimum Gasteiger partial charge on any atom is -0.282 e. The van der Waals surface area contributed by atoms with E-state index in [4.69, 9.17) is 5.26 Å². The summed E-state index contributed by atoms with van der Waals surface area (Å²) in [4.78, 5) is 11.3. The monoisotopic (exact) mass is 223 g/mol. The highest BCUT2D eigenvalue weighted by Crippen LogP contribution is 2.08. The summed E-state index contributed by atoms with van der Waals surface area (Å²) in [7, 11) is 0. The minimum absolute atomic E-state index is 0.477. The van der Waals surface area contributed by atoms with Crippen molar-refractivity contribution in [1.82, 2.24) is 0 Å². The number of nitriles is 1. The number of benzene rings is 1. The van der Waals surface area contributed by atoms with Crippen LogP contribution in [0.3, 0.4) is 0 Å². The van der Waals surface area contributed by atoms with E-state index in [-0.39, 0.29) is 0 Å². The maximum Gasteiger partial charge on any atom is 0.242 e. The first-order valence-electron chi connectivity index (χ1n) is 5.24. The van der Waals surface area contributed by atoms with Gasteiger partial charge in [-0.3, -0.25) is 4.79 Å². The molecule has 0 spiro atoms. The molecular formula is C15H13NO. The maximum absolute atomic E-state index is 11.3. The summed E-state index contributed by atoms with van der Waals surface area (Å²) in [6, 6.07) is 11.3.